The van der Waals surface area contributed by atoms with Gasteiger partial charge in [0.2, 0.25) is 0 Å². The van der Waals surface area contributed by atoms with Crippen LogP contribution in [-0.4, -0.2) is 25.2 Å². The summed E-state index contributed by atoms with van der Waals surface area (Å²) < 4.78 is 1.62. The predicted molar refractivity (Wildman–Crippen MR) is 68.6 cm³/mol. The van der Waals surface area contributed by atoms with Gasteiger partial charge in [0.15, 0.2) is 0 Å². The Labute approximate surface area is 107 Å². The smallest absolute Gasteiger partial charge is 0.143 e. The number of aromatic nitrogens is 5. The fraction of sp³-hybridized carbons (Fsp3) is 0.0909. The predicted octanol–water partition coefficient (Wildman–Crippen LogP) is 1.73. The van der Waals surface area contributed by atoms with Crippen LogP contribution in [0.4, 0.5) is 5.69 Å². The molecule has 0 aliphatic rings. The van der Waals surface area contributed by atoms with Gasteiger partial charge in [0.1, 0.15) is 6.33 Å². The zero-order chi connectivity index (χ0) is 12.2. The molecule has 0 bridgehead atoms. The molecular formula is C11H10N6S. The molecule has 3 aromatic rings. The van der Waals surface area contributed by atoms with E-state index in [0.717, 1.165) is 17.9 Å². The Morgan fingerprint density at radius 3 is 2.78 bits per heavy atom. The van der Waals surface area contributed by atoms with E-state index in [0.29, 0.717) is 0 Å². The highest BCUT2D eigenvalue weighted by atomic mass is 32.1. The number of benzene rings is 1. The monoisotopic (exact) mass is 258 g/mol. The first kappa shape index (κ1) is 10.8. The lowest BCUT2D eigenvalue weighted by Gasteiger charge is -2.05. The number of anilines is 1. The molecule has 90 valence electrons. The molecule has 0 aliphatic carbocycles. The quantitative estimate of drug-likeness (QED) is 0.772. The summed E-state index contributed by atoms with van der Waals surface area (Å²) in [7, 11) is 0. The minimum absolute atomic E-state index is 0.787. The van der Waals surface area contributed by atoms with E-state index in [1.54, 1.807) is 22.3 Å². The van der Waals surface area contributed by atoms with Crippen LogP contribution in [0.15, 0.2) is 42.3 Å². The highest BCUT2D eigenvalue weighted by Crippen LogP contribution is 2.14. The molecule has 0 spiro atoms. The number of tetrazole rings is 1. The lowest BCUT2D eigenvalue weighted by molar-refractivity contribution is 0.789. The van der Waals surface area contributed by atoms with Crippen molar-refractivity contribution >= 4 is 17.0 Å². The van der Waals surface area contributed by atoms with E-state index in [1.165, 1.54) is 4.88 Å². The van der Waals surface area contributed by atoms with Crippen molar-refractivity contribution < 1.29 is 0 Å². The standard InChI is InChI=1S/C11H10N6S/c1-3-10(17-7-14-15-16-17)4-2-9(1)13-6-11-5-12-8-18-11/h1-5,7-8,13H,6H2. The summed E-state index contributed by atoms with van der Waals surface area (Å²) in [5.41, 5.74) is 3.82. The minimum atomic E-state index is 0.787. The SMILES string of the molecule is c1ncc(CNc2ccc(-n3cnnn3)cc2)s1. The van der Waals surface area contributed by atoms with Crippen LogP contribution in [0, 0.1) is 0 Å². The van der Waals surface area contributed by atoms with Crippen LogP contribution in [0.2, 0.25) is 0 Å². The lowest BCUT2D eigenvalue weighted by Crippen LogP contribution is -1.99. The second-order valence-corrected chi connectivity index (χ2v) is 4.59. The molecule has 1 aromatic carbocycles. The second-order valence-electron chi connectivity index (χ2n) is 3.62. The molecule has 0 saturated carbocycles. The minimum Gasteiger partial charge on any atom is -0.380 e. The van der Waals surface area contributed by atoms with Gasteiger partial charge in [-0.2, -0.15) is 0 Å². The second kappa shape index (κ2) is 4.92. The third kappa shape index (κ3) is 2.35. The van der Waals surface area contributed by atoms with Crippen molar-refractivity contribution in [3.63, 3.8) is 0 Å². The number of nitrogens with zero attached hydrogens (tertiary/aromatic N) is 5. The third-order valence-corrected chi connectivity index (χ3v) is 3.21. The highest BCUT2D eigenvalue weighted by Gasteiger charge is 1.99. The molecule has 2 heterocycles. The van der Waals surface area contributed by atoms with Crippen molar-refractivity contribution in [2.24, 2.45) is 0 Å². The van der Waals surface area contributed by atoms with Crippen LogP contribution < -0.4 is 5.32 Å². The number of rotatable bonds is 4. The maximum absolute atomic E-state index is 4.04. The van der Waals surface area contributed by atoms with Crippen molar-refractivity contribution in [1.82, 2.24) is 25.2 Å². The van der Waals surface area contributed by atoms with E-state index in [1.807, 2.05) is 36.0 Å². The summed E-state index contributed by atoms with van der Waals surface area (Å²) in [5.74, 6) is 0. The fourth-order valence-electron chi connectivity index (χ4n) is 1.53. The Bertz CT molecular complexity index is 587. The Hall–Kier alpha value is -2.28. The van der Waals surface area contributed by atoms with Gasteiger partial charge in [-0.25, -0.2) is 4.68 Å². The third-order valence-electron chi connectivity index (χ3n) is 2.43. The largest absolute Gasteiger partial charge is 0.380 e. The molecule has 3 rings (SSSR count). The lowest BCUT2D eigenvalue weighted by atomic mass is 10.3. The molecule has 18 heavy (non-hydrogen) atoms. The fourth-order valence-corrected chi connectivity index (χ4v) is 2.06. The first-order chi connectivity index (χ1) is 8.92. The summed E-state index contributed by atoms with van der Waals surface area (Å²) in [5, 5.41) is 14.4. The molecule has 1 N–H and O–H groups in total. The van der Waals surface area contributed by atoms with Gasteiger partial charge in [-0.05, 0) is 34.7 Å². The summed E-state index contributed by atoms with van der Waals surface area (Å²) in [6.07, 6.45) is 3.44. The van der Waals surface area contributed by atoms with E-state index in [4.69, 9.17) is 0 Å². The molecule has 0 fully saturated rings. The van der Waals surface area contributed by atoms with Crippen LogP contribution in [0.3, 0.4) is 0 Å². The first-order valence-electron chi connectivity index (χ1n) is 5.36. The van der Waals surface area contributed by atoms with Gasteiger partial charge >= 0.3 is 0 Å². The van der Waals surface area contributed by atoms with Gasteiger partial charge in [0.25, 0.3) is 0 Å². The van der Waals surface area contributed by atoms with Crippen LogP contribution in [0.1, 0.15) is 4.88 Å². The molecule has 6 nitrogen and oxygen atoms in total. The maximum Gasteiger partial charge on any atom is 0.143 e. The number of nitrogens with one attached hydrogen (secondary N) is 1. The van der Waals surface area contributed by atoms with Crippen molar-refractivity contribution in [2.45, 2.75) is 6.54 Å². The van der Waals surface area contributed by atoms with E-state index >= 15 is 0 Å². The molecule has 7 heteroatoms. The summed E-state index contributed by atoms with van der Waals surface area (Å²) >= 11 is 1.64. The zero-order valence-electron chi connectivity index (χ0n) is 9.39. The molecule has 0 radical (unpaired) electrons. The van der Waals surface area contributed by atoms with Crippen molar-refractivity contribution in [1.29, 1.82) is 0 Å². The molecule has 0 amide bonds. The topological polar surface area (TPSA) is 68.5 Å². The molecule has 2 aromatic heterocycles. The normalized spacial score (nSPS) is 10.4. The van der Waals surface area contributed by atoms with Gasteiger partial charge in [-0.3, -0.25) is 4.98 Å². The van der Waals surface area contributed by atoms with Gasteiger partial charge < -0.3 is 5.32 Å². The summed E-state index contributed by atoms with van der Waals surface area (Å²) in [4.78, 5) is 5.24. The van der Waals surface area contributed by atoms with E-state index in [-0.39, 0.29) is 0 Å². The molecule has 0 saturated heterocycles. The van der Waals surface area contributed by atoms with Crippen LogP contribution in [0.25, 0.3) is 5.69 Å². The first-order valence-corrected chi connectivity index (χ1v) is 6.24. The van der Waals surface area contributed by atoms with Crippen molar-refractivity contribution in [3.05, 3.63) is 47.2 Å². The van der Waals surface area contributed by atoms with Gasteiger partial charge in [0, 0.05) is 16.8 Å². The van der Waals surface area contributed by atoms with Crippen LogP contribution in [-0.2, 0) is 6.54 Å². The van der Waals surface area contributed by atoms with Crippen molar-refractivity contribution in [3.8, 4) is 5.69 Å². The Balaban J connectivity index is 1.68. The number of hydrogen-bond acceptors (Lipinski definition) is 6. The van der Waals surface area contributed by atoms with E-state index in [9.17, 15) is 0 Å². The van der Waals surface area contributed by atoms with E-state index < -0.39 is 0 Å². The van der Waals surface area contributed by atoms with Gasteiger partial charge in [0.05, 0.1) is 17.7 Å². The van der Waals surface area contributed by atoms with Crippen LogP contribution >= 0.6 is 11.3 Å². The van der Waals surface area contributed by atoms with Crippen LogP contribution in [0.5, 0.6) is 0 Å². The number of hydrogen-bond donors (Lipinski definition) is 1. The highest BCUT2D eigenvalue weighted by molar-refractivity contribution is 7.09. The summed E-state index contributed by atoms with van der Waals surface area (Å²) in [6, 6.07) is 7.92. The average Bonchev–Trinajstić information content (AvgIpc) is 3.10. The molecule has 0 atom stereocenters. The Kier molecular flexibility index (Phi) is 2.97. The zero-order valence-corrected chi connectivity index (χ0v) is 10.2. The molecule has 0 aliphatic heterocycles. The maximum atomic E-state index is 4.04. The number of thiazole rings is 1. The molecular weight excluding hydrogens is 248 g/mol. The van der Waals surface area contributed by atoms with E-state index in [2.05, 4.69) is 25.8 Å². The Morgan fingerprint density at radius 2 is 2.11 bits per heavy atom. The summed E-state index contributed by atoms with van der Waals surface area (Å²) in [6.45, 7) is 0.787. The Morgan fingerprint density at radius 1 is 1.22 bits per heavy atom. The van der Waals surface area contributed by atoms with Gasteiger partial charge in [-0.1, -0.05) is 0 Å². The van der Waals surface area contributed by atoms with Gasteiger partial charge in [-0.15, -0.1) is 16.4 Å². The average molecular weight is 258 g/mol. The van der Waals surface area contributed by atoms with Crippen molar-refractivity contribution in [2.75, 3.05) is 5.32 Å². The molecule has 0 unspecified atom stereocenters.